The van der Waals surface area contributed by atoms with Crippen LogP contribution in [0, 0.1) is 0 Å². The van der Waals surface area contributed by atoms with E-state index in [9.17, 15) is 5.11 Å². The van der Waals surface area contributed by atoms with Gasteiger partial charge in [-0.25, -0.2) is 0 Å². The molecule has 80 valence electrons. The zero-order chi connectivity index (χ0) is 10.6. The Bertz CT molecular complexity index is 276. The molecule has 0 amide bonds. The summed E-state index contributed by atoms with van der Waals surface area (Å²) < 4.78 is 9.00. The van der Waals surface area contributed by atoms with Gasteiger partial charge in [-0.3, -0.25) is 0 Å². The smallest absolute Gasteiger partial charge is 0.115 e. The first kappa shape index (κ1) is 11.6. The van der Waals surface area contributed by atoms with Crippen LogP contribution in [0.5, 0.6) is 0 Å². The summed E-state index contributed by atoms with van der Waals surface area (Å²) >= 11 is 1.25. The van der Waals surface area contributed by atoms with E-state index in [1.807, 2.05) is 20.8 Å². The molecule has 0 aromatic carbocycles. The molecule has 14 heavy (non-hydrogen) atoms. The van der Waals surface area contributed by atoms with E-state index in [4.69, 9.17) is 4.74 Å². The van der Waals surface area contributed by atoms with Crippen LogP contribution in [-0.4, -0.2) is 27.9 Å². The van der Waals surface area contributed by atoms with Gasteiger partial charge in [-0.1, -0.05) is 18.3 Å². The maximum Gasteiger partial charge on any atom is 0.115 e. The topological polar surface area (TPSA) is 55.2 Å². The van der Waals surface area contributed by atoms with E-state index >= 15 is 0 Å². The van der Waals surface area contributed by atoms with Crippen molar-refractivity contribution < 1.29 is 9.84 Å². The Morgan fingerprint density at radius 3 is 2.79 bits per heavy atom. The summed E-state index contributed by atoms with van der Waals surface area (Å²) in [5.41, 5.74) is 0.877. The van der Waals surface area contributed by atoms with Crippen molar-refractivity contribution in [1.29, 1.82) is 0 Å². The quantitative estimate of drug-likeness (QED) is 0.814. The monoisotopic (exact) mass is 216 g/mol. The highest BCUT2D eigenvalue weighted by Gasteiger charge is 2.18. The van der Waals surface area contributed by atoms with Crippen molar-refractivity contribution >= 4 is 11.5 Å². The third-order valence-electron chi connectivity index (χ3n) is 1.87. The van der Waals surface area contributed by atoms with E-state index < -0.39 is 6.10 Å². The van der Waals surface area contributed by atoms with Gasteiger partial charge in [-0.05, 0) is 24.4 Å². The maximum atomic E-state index is 9.78. The van der Waals surface area contributed by atoms with Crippen LogP contribution in [0.15, 0.2) is 0 Å². The van der Waals surface area contributed by atoms with Gasteiger partial charge in [0.25, 0.3) is 0 Å². The molecule has 0 aliphatic rings. The number of rotatable bonds is 5. The summed E-state index contributed by atoms with van der Waals surface area (Å²) in [5.74, 6) is 0.292. The van der Waals surface area contributed by atoms with Crippen LogP contribution in [-0.2, 0) is 4.74 Å². The Kier molecular flexibility index (Phi) is 4.44. The summed E-state index contributed by atoms with van der Waals surface area (Å²) in [7, 11) is 0. The molecule has 1 aromatic heterocycles. The van der Waals surface area contributed by atoms with E-state index in [1.165, 1.54) is 11.5 Å². The Labute approximate surface area is 88.1 Å². The SMILES string of the molecule is CCOCC(O)c1snnc1C(C)C. The van der Waals surface area contributed by atoms with Gasteiger partial charge in [-0.2, -0.15) is 0 Å². The second-order valence-electron chi connectivity index (χ2n) is 3.35. The molecule has 0 saturated carbocycles. The Morgan fingerprint density at radius 2 is 2.21 bits per heavy atom. The minimum atomic E-state index is -0.590. The van der Waals surface area contributed by atoms with Crippen LogP contribution in [0.25, 0.3) is 0 Å². The van der Waals surface area contributed by atoms with Gasteiger partial charge < -0.3 is 9.84 Å². The van der Waals surface area contributed by atoms with Gasteiger partial charge in [0.05, 0.1) is 17.2 Å². The van der Waals surface area contributed by atoms with Gasteiger partial charge >= 0.3 is 0 Å². The number of hydrogen-bond donors (Lipinski definition) is 1. The first-order valence-corrected chi connectivity index (χ1v) is 5.52. The van der Waals surface area contributed by atoms with Crippen LogP contribution >= 0.6 is 11.5 Å². The standard InChI is InChI=1S/C9H16N2O2S/c1-4-13-5-7(12)9-8(6(2)3)10-11-14-9/h6-7,12H,4-5H2,1-3H3. The highest BCUT2D eigenvalue weighted by atomic mass is 32.1. The van der Waals surface area contributed by atoms with E-state index in [0.29, 0.717) is 19.1 Å². The number of ether oxygens (including phenoxy) is 1. The number of hydrogen-bond acceptors (Lipinski definition) is 5. The van der Waals surface area contributed by atoms with Crippen molar-refractivity contribution in [2.45, 2.75) is 32.8 Å². The van der Waals surface area contributed by atoms with Gasteiger partial charge in [0.15, 0.2) is 0 Å². The number of nitrogens with zero attached hydrogens (tertiary/aromatic N) is 2. The molecule has 0 radical (unpaired) electrons. The van der Waals surface area contributed by atoms with Crippen LogP contribution in [0.2, 0.25) is 0 Å². The molecule has 0 bridgehead atoms. The fraction of sp³-hybridized carbons (Fsp3) is 0.778. The maximum absolute atomic E-state index is 9.78. The summed E-state index contributed by atoms with van der Waals surface area (Å²) in [6.45, 7) is 6.91. The normalized spacial score (nSPS) is 13.5. The van der Waals surface area contributed by atoms with Gasteiger partial charge in [0.2, 0.25) is 0 Å². The molecule has 0 spiro atoms. The third-order valence-corrected chi connectivity index (χ3v) is 2.71. The predicted octanol–water partition coefficient (Wildman–Crippen LogP) is 1.73. The van der Waals surface area contributed by atoms with Crippen molar-refractivity contribution in [3.05, 3.63) is 10.6 Å². The van der Waals surface area contributed by atoms with Crippen LogP contribution in [0.4, 0.5) is 0 Å². The summed E-state index contributed by atoms with van der Waals surface area (Å²) in [6.07, 6.45) is -0.590. The second kappa shape index (κ2) is 5.38. The van der Waals surface area contributed by atoms with Crippen molar-refractivity contribution in [1.82, 2.24) is 9.59 Å². The van der Waals surface area contributed by atoms with E-state index in [-0.39, 0.29) is 0 Å². The minimum absolute atomic E-state index is 0.292. The molecule has 1 heterocycles. The van der Waals surface area contributed by atoms with Crippen molar-refractivity contribution in [2.24, 2.45) is 0 Å². The molecule has 1 rings (SSSR count). The molecule has 1 N–H and O–H groups in total. The molecular formula is C9H16N2O2S. The molecule has 5 heteroatoms. The molecule has 0 aliphatic carbocycles. The van der Waals surface area contributed by atoms with E-state index in [0.717, 1.165) is 10.6 Å². The first-order valence-electron chi connectivity index (χ1n) is 4.74. The van der Waals surface area contributed by atoms with Crippen molar-refractivity contribution in [3.8, 4) is 0 Å². The summed E-state index contributed by atoms with van der Waals surface area (Å²) in [4.78, 5) is 0.827. The predicted molar refractivity (Wildman–Crippen MR) is 55.5 cm³/mol. The van der Waals surface area contributed by atoms with Crippen LogP contribution < -0.4 is 0 Å². The lowest BCUT2D eigenvalue weighted by Crippen LogP contribution is -2.08. The average Bonchev–Trinajstić information content (AvgIpc) is 2.62. The molecule has 0 saturated heterocycles. The van der Waals surface area contributed by atoms with Crippen molar-refractivity contribution in [3.63, 3.8) is 0 Å². The molecule has 0 fully saturated rings. The molecule has 4 nitrogen and oxygen atoms in total. The minimum Gasteiger partial charge on any atom is -0.385 e. The lowest BCUT2D eigenvalue weighted by atomic mass is 10.1. The fourth-order valence-corrected chi connectivity index (χ4v) is 1.92. The number of aliphatic hydroxyl groups excluding tert-OH is 1. The zero-order valence-corrected chi connectivity index (χ0v) is 9.54. The highest BCUT2D eigenvalue weighted by molar-refractivity contribution is 7.05. The Hall–Kier alpha value is -0.520. The van der Waals surface area contributed by atoms with Gasteiger partial charge in [0, 0.05) is 6.61 Å². The van der Waals surface area contributed by atoms with Crippen molar-refractivity contribution in [2.75, 3.05) is 13.2 Å². The third kappa shape index (κ3) is 2.73. The van der Waals surface area contributed by atoms with Crippen LogP contribution in [0.3, 0.4) is 0 Å². The Balaban J connectivity index is 2.68. The largest absolute Gasteiger partial charge is 0.385 e. The number of aliphatic hydroxyl groups is 1. The second-order valence-corrected chi connectivity index (χ2v) is 4.14. The van der Waals surface area contributed by atoms with E-state index in [2.05, 4.69) is 9.59 Å². The molecule has 0 aliphatic heterocycles. The average molecular weight is 216 g/mol. The lowest BCUT2D eigenvalue weighted by Gasteiger charge is -2.10. The zero-order valence-electron chi connectivity index (χ0n) is 8.73. The molecule has 1 aromatic rings. The highest BCUT2D eigenvalue weighted by Crippen LogP contribution is 2.26. The first-order chi connectivity index (χ1) is 6.66. The lowest BCUT2D eigenvalue weighted by molar-refractivity contribution is 0.0432. The molecule has 1 unspecified atom stereocenters. The summed E-state index contributed by atoms with van der Waals surface area (Å²) in [5, 5.41) is 13.8. The fourth-order valence-electron chi connectivity index (χ4n) is 1.14. The molecule has 1 atom stereocenters. The van der Waals surface area contributed by atoms with Gasteiger partial charge in [-0.15, -0.1) is 5.10 Å². The van der Waals surface area contributed by atoms with Crippen LogP contribution in [0.1, 0.15) is 43.4 Å². The number of aromatic nitrogens is 2. The Morgan fingerprint density at radius 1 is 1.50 bits per heavy atom. The molecular weight excluding hydrogens is 200 g/mol. The van der Waals surface area contributed by atoms with E-state index in [1.54, 1.807) is 0 Å². The van der Waals surface area contributed by atoms with Gasteiger partial charge in [0.1, 0.15) is 6.10 Å². The summed E-state index contributed by atoms with van der Waals surface area (Å²) in [6, 6.07) is 0.